The Bertz CT molecular complexity index is 718. The van der Waals surface area contributed by atoms with Crippen molar-refractivity contribution in [1.82, 2.24) is 0 Å². The molecule has 2 aromatic rings. The average Bonchev–Trinajstić information content (AvgIpc) is 2.87. The van der Waals surface area contributed by atoms with E-state index in [1.807, 2.05) is 6.92 Å². The van der Waals surface area contributed by atoms with Crippen molar-refractivity contribution in [2.45, 2.75) is 13.8 Å². The normalized spacial score (nSPS) is 10.8. The van der Waals surface area contributed by atoms with Crippen molar-refractivity contribution in [2.75, 3.05) is 0 Å². The second-order valence-electron chi connectivity index (χ2n) is 4.28. The van der Waals surface area contributed by atoms with Crippen molar-refractivity contribution in [3.8, 4) is 11.3 Å². The second-order valence-corrected chi connectivity index (χ2v) is 4.28. The number of hydrogen-bond acceptors (Lipinski definition) is 6. The standard InChI is InChI=1S/C14H12N2O5/c1-9-3-4-11(16(18)19)7-13(9)14-6-5-12(20-14)8-15-21-10(2)17/h3-8H,1-2H3/b15-8-. The third kappa shape index (κ3) is 3.53. The van der Waals surface area contributed by atoms with E-state index in [-0.39, 0.29) is 5.69 Å². The predicted octanol–water partition coefficient (Wildman–Crippen LogP) is 3.06. The second kappa shape index (κ2) is 6.00. The van der Waals surface area contributed by atoms with Crippen molar-refractivity contribution >= 4 is 17.9 Å². The summed E-state index contributed by atoms with van der Waals surface area (Å²) in [6.45, 7) is 3.06. The highest BCUT2D eigenvalue weighted by molar-refractivity contribution is 5.78. The molecule has 21 heavy (non-hydrogen) atoms. The van der Waals surface area contributed by atoms with Crippen molar-refractivity contribution in [2.24, 2.45) is 5.16 Å². The molecule has 0 bridgehead atoms. The molecule has 1 aromatic heterocycles. The molecule has 0 aliphatic carbocycles. The SMILES string of the molecule is CC(=O)O/N=C\c1ccc(-c2cc([N+](=O)[O-])ccc2C)o1. The molecule has 2 rings (SSSR count). The zero-order chi connectivity index (χ0) is 15.4. The molecule has 0 atom stereocenters. The quantitative estimate of drug-likeness (QED) is 0.373. The lowest BCUT2D eigenvalue weighted by Crippen LogP contribution is -1.91. The fourth-order valence-electron chi connectivity index (χ4n) is 1.71. The molecule has 7 heteroatoms. The number of benzene rings is 1. The molecule has 0 fully saturated rings. The van der Waals surface area contributed by atoms with Crippen LogP contribution in [0, 0.1) is 17.0 Å². The Kier molecular flexibility index (Phi) is 4.13. The Balaban J connectivity index is 2.29. The molecule has 0 saturated heterocycles. The van der Waals surface area contributed by atoms with E-state index in [0.29, 0.717) is 17.1 Å². The molecule has 0 unspecified atom stereocenters. The fraction of sp³-hybridized carbons (Fsp3) is 0.143. The van der Waals surface area contributed by atoms with Gasteiger partial charge in [-0.1, -0.05) is 11.2 Å². The van der Waals surface area contributed by atoms with Crippen molar-refractivity contribution < 1.29 is 19.0 Å². The van der Waals surface area contributed by atoms with Gasteiger partial charge in [-0.05, 0) is 24.6 Å². The van der Waals surface area contributed by atoms with E-state index in [9.17, 15) is 14.9 Å². The average molecular weight is 288 g/mol. The van der Waals surface area contributed by atoms with Crippen LogP contribution < -0.4 is 0 Å². The van der Waals surface area contributed by atoms with Crippen LogP contribution in [0.1, 0.15) is 18.2 Å². The molecule has 0 aliphatic rings. The summed E-state index contributed by atoms with van der Waals surface area (Å²) in [7, 11) is 0. The third-order valence-electron chi connectivity index (χ3n) is 2.69. The number of furan rings is 1. The van der Waals surface area contributed by atoms with Gasteiger partial charge in [-0.25, -0.2) is 4.79 Å². The molecular formula is C14H12N2O5. The topological polar surface area (TPSA) is 94.9 Å². The molecule has 0 saturated carbocycles. The van der Waals surface area contributed by atoms with Crippen LogP contribution >= 0.6 is 0 Å². The van der Waals surface area contributed by atoms with Gasteiger partial charge in [-0.3, -0.25) is 10.1 Å². The van der Waals surface area contributed by atoms with Crippen molar-refractivity contribution in [1.29, 1.82) is 0 Å². The lowest BCUT2D eigenvalue weighted by molar-refractivity contribution is -0.384. The van der Waals surface area contributed by atoms with Gasteiger partial charge in [0.05, 0.1) is 4.92 Å². The van der Waals surface area contributed by atoms with Gasteiger partial charge in [-0.2, -0.15) is 0 Å². The summed E-state index contributed by atoms with van der Waals surface area (Å²) < 4.78 is 5.50. The number of nitro groups is 1. The van der Waals surface area contributed by atoms with E-state index >= 15 is 0 Å². The van der Waals surface area contributed by atoms with E-state index < -0.39 is 10.9 Å². The molecule has 0 N–H and O–H groups in total. The summed E-state index contributed by atoms with van der Waals surface area (Å²) in [5.74, 6) is 0.310. The molecule has 0 amide bonds. The van der Waals surface area contributed by atoms with Crippen LogP contribution in [0.2, 0.25) is 0 Å². The summed E-state index contributed by atoms with van der Waals surface area (Å²) in [5.41, 5.74) is 1.46. The van der Waals surface area contributed by atoms with Crippen LogP contribution in [0.5, 0.6) is 0 Å². The maximum atomic E-state index is 10.8. The smallest absolute Gasteiger partial charge is 0.331 e. The number of hydrogen-bond donors (Lipinski definition) is 0. The number of non-ortho nitro benzene ring substituents is 1. The van der Waals surface area contributed by atoms with E-state index in [0.717, 1.165) is 5.56 Å². The van der Waals surface area contributed by atoms with Gasteiger partial charge in [0.15, 0.2) is 0 Å². The Morgan fingerprint density at radius 1 is 1.38 bits per heavy atom. The highest BCUT2D eigenvalue weighted by atomic mass is 16.7. The monoisotopic (exact) mass is 288 g/mol. The minimum Gasteiger partial charge on any atom is -0.455 e. The number of carbonyl (C=O) groups excluding carboxylic acids is 1. The van der Waals surface area contributed by atoms with Crippen LogP contribution in [0.15, 0.2) is 39.9 Å². The van der Waals surface area contributed by atoms with Gasteiger partial charge in [-0.15, -0.1) is 0 Å². The van der Waals surface area contributed by atoms with Gasteiger partial charge in [0.1, 0.15) is 17.7 Å². The highest BCUT2D eigenvalue weighted by Crippen LogP contribution is 2.28. The van der Waals surface area contributed by atoms with E-state index in [2.05, 4.69) is 9.99 Å². The van der Waals surface area contributed by atoms with E-state index in [1.54, 1.807) is 18.2 Å². The van der Waals surface area contributed by atoms with Gasteiger partial charge in [0.2, 0.25) is 0 Å². The number of oxime groups is 1. The maximum absolute atomic E-state index is 10.8. The summed E-state index contributed by atoms with van der Waals surface area (Å²) in [6.07, 6.45) is 1.25. The van der Waals surface area contributed by atoms with Crippen molar-refractivity contribution in [3.63, 3.8) is 0 Å². The molecule has 1 heterocycles. The Labute approximate surface area is 120 Å². The van der Waals surface area contributed by atoms with Gasteiger partial charge < -0.3 is 9.25 Å². The number of rotatable bonds is 4. The lowest BCUT2D eigenvalue weighted by atomic mass is 10.1. The first-order chi connectivity index (χ1) is 9.97. The number of nitrogens with zero attached hydrogens (tertiary/aromatic N) is 2. The fourth-order valence-corrected chi connectivity index (χ4v) is 1.71. The summed E-state index contributed by atoms with van der Waals surface area (Å²) >= 11 is 0. The molecule has 1 aromatic carbocycles. The van der Waals surface area contributed by atoms with Crippen LogP contribution in [-0.4, -0.2) is 17.1 Å². The Morgan fingerprint density at radius 2 is 2.14 bits per heavy atom. The first-order valence-corrected chi connectivity index (χ1v) is 6.03. The van der Waals surface area contributed by atoms with Crippen LogP contribution in [0.3, 0.4) is 0 Å². The zero-order valence-electron chi connectivity index (χ0n) is 11.4. The third-order valence-corrected chi connectivity index (χ3v) is 2.69. The van der Waals surface area contributed by atoms with Crippen LogP contribution in [0.25, 0.3) is 11.3 Å². The first kappa shape index (κ1) is 14.4. The van der Waals surface area contributed by atoms with Gasteiger partial charge >= 0.3 is 5.97 Å². The maximum Gasteiger partial charge on any atom is 0.331 e. The molecule has 0 aliphatic heterocycles. The van der Waals surface area contributed by atoms with E-state index in [1.165, 1.54) is 25.3 Å². The first-order valence-electron chi connectivity index (χ1n) is 6.03. The van der Waals surface area contributed by atoms with Crippen LogP contribution in [0.4, 0.5) is 5.69 Å². The molecule has 0 spiro atoms. The van der Waals surface area contributed by atoms with Crippen LogP contribution in [-0.2, 0) is 9.63 Å². The minimum atomic E-state index is -0.535. The summed E-state index contributed by atoms with van der Waals surface area (Å²) in [4.78, 5) is 25.3. The molecule has 0 radical (unpaired) electrons. The van der Waals surface area contributed by atoms with E-state index in [4.69, 9.17) is 4.42 Å². The summed E-state index contributed by atoms with van der Waals surface area (Å²) in [5, 5.41) is 14.3. The van der Waals surface area contributed by atoms with Crippen molar-refractivity contribution in [3.05, 3.63) is 51.8 Å². The highest BCUT2D eigenvalue weighted by Gasteiger charge is 2.12. The van der Waals surface area contributed by atoms with Gasteiger partial charge in [0.25, 0.3) is 5.69 Å². The summed E-state index contributed by atoms with van der Waals surface area (Å²) in [6, 6.07) is 7.83. The predicted molar refractivity (Wildman–Crippen MR) is 74.9 cm³/mol. The Morgan fingerprint density at radius 3 is 2.81 bits per heavy atom. The largest absolute Gasteiger partial charge is 0.455 e. The number of carbonyl (C=O) groups is 1. The minimum absolute atomic E-state index is 0.0119. The molecular weight excluding hydrogens is 276 g/mol. The van der Waals surface area contributed by atoms with Gasteiger partial charge in [0, 0.05) is 24.6 Å². The Hall–Kier alpha value is -2.96. The molecule has 7 nitrogen and oxygen atoms in total. The number of nitro benzene ring substituents is 1. The molecule has 108 valence electrons. The number of aryl methyl sites for hydroxylation is 1. The zero-order valence-corrected chi connectivity index (χ0v) is 11.4. The lowest BCUT2D eigenvalue weighted by Gasteiger charge is -2.02.